The van der Waals surface area contributed by atoms with Crippen molar-refractivity contribution in [2.24, 2.45) is 4.99 Å². The number of hydrogen-bond acceptors (Lipinski definition) is 6. The Morgan fingerprint density at radius 2 is 1.90 bits per heavy atom. The minimum absolute atomic E-state index is 0. The Hall–Kier alpha value is -1.57. The molecule has 1 aromatic carbocycles. The largest absolute Gasteiger partial charge is 0.493 e. The molecule has 0 aliphatic rings. The fourth-order valence-electron chi connectivity index (χ4n) is 2.65. The summed E-state index contributed by atoms with van der Waals surface area (Å²) < 4.78 is 38.3. The average Bonchev–Trinajstić information content (AvgIpc) is 3.04. The van der Waals surface area contributed by atoms with Crippen LogP contribution in [0.2, 0.25) is 0 Å². The van der Waals surface area contributed by atoms with Crippen LogP contribution >= 0.6 is 35.3 Å². The van der Waals surface area contributed by atoms with Gasteiger partial charge in [0.1, 0.15) is 0 Å². The topological polar surface area (TPSA) is 101 Å². The Morgan fingerprint density at radius 3 is 2.47 bits per heavy atom. The summed E-state index contributed by atoms with van der Waals surface area (Å²) >= 11 is 1.47. The summed E-state index contributed by atoms with van der Waals surface area (Å²) in [6.45, 7) is 6.75. The van der Waals surface area contributed by atoms with E-state index in [0.29, 0.717) is 35.5 Å². The monoisotopic (exact) mass is 568 g/mol. The van der Waals surface area contributed by atoms with Crippen molar-refractivity contribution < 1.29 is 17.9 Å². The molecular weight excluding hydrogens is 539 g/mol. The van der Waals surface area contributed by atoms with Crippen LogP contribution in [0, 0.1) is 13.8 Å². The number of aryl methyl sites for hydroxylation is 2. The molecule has 168 valence electrons. The summed E-state index contributed by atoms with van der Waals surface area (Å²) in [5.74, 6) is 1.79. The number of guanidine groups is 1. The van der Waals surface area contributed by atoms with Gasteiger partial charge in [-0.2, -0.15) is 0 Å². The van der Waals surface area contributed by atoms with E-state index in [9.17, 15) is 8.42 Å². The summed E-state index contributed by atoms with van der Waals surface area (Å²) in [6, 6.07) is 7.17. The van der Waals surface area contributed by atoms with Crippen LogP contribution in [0.15, 0.2) is 34.2 Å². The quantitative estimate of drug-likeness (QED) is 0.186. The summed E-state index contributed by atoms with van der Waals surface area (Å²) in [6.07, 6.45) is 0. The lowest BCUT2D eigenvalue weighted by atomic mass is 10.2. The molecule has 0 aliphatic carbocycles. The van der Waals surface area contributed by atoms with Crippen molar-refractivity contribution in [3.8, 4) is 11.5 Å². The number of nitrogens with one attached hydrogen (secondary N) is 3. The first-order chi connectivity index (χ1) is 13.8. The first-order valence-electron chi connectivity index (χ1n) is 9.16. The van der Waals surface area contributed by atoms with Gasteiger partial charge in [-0.15, -0.1) is 35.3 Å². The second-order valence-electron chi connectivity index (χ2n) is 6.10. The van der Waals surface area contributed by atoms with Crippen molar-refractivity contribution in [2.45, 2.75) is 25.7 Å². The van der Waals surface area contributed by atoms with Crippen LogP contribution in [0.4, 0.5) is 5.69 Å². The standard InChI is InChI=1S/C19H28N4O4S2.HI/c1-6-27-16-8-7-15(12-17(16)26-5)23-19(20-4)21-9-10-22-29(24,25)18-11-13(2)28-14(18)3;/h7-8,11-12,22H,6,9-10H2,1-5H3,(H2,20,21,23);1H. The molecule has 0 bridgehead atoms. The number of ether oxygens (including phenoxy) is 2. The Kier molecular flexibility index (Phi) is 10.9. The van der Waals surface area contributed by atoms with Crippen molar-refractivity contribution in [1.82, 2.24) is 10.0 Å². The van der Waals surface area contributed by atoms with Crippen LogP contribution in [0.5, 0.6) is 11.5 Å². The van der Waals surface area contributed by atoms with Crippen LogP contribution in [0.3, 0.4) is 0 Å². The van der Waals surface area contributed by atoms with E-state index in [0.717, 1.165) is 15.4 Å². The normalized spacial score (nSPS) is 11.6. The number of anilines is 1. The van der Waals surface area contributed by atoms with Gasteiger partial charge in [-0.3, -0.25) is 4.99 Å². The maximum absolute atomic E-state index is 12.4. The number of halogens is 1. The zero-order chi connectivity index (χ0) is 21.4. The molecule has 1 aromatic heterocycles. The lowest BCUT2D eigenvalue weighted by Gasteiger charge is -2.15. The van der Waals surface area contributed by atoms with E-state index in [1.807, 2.05) is 32.0 Å². The minimum atomic E-state index is -3.52. The minimum Gasteiger partial charge on any atom is -0.493 e. The van der Waals surface area contributed by atoms with Crippen molar-refractivity contribution in [3.63, 3.8) is 0 Å². The molecule has 2 aromatic rings. The van der Waals surface area contributed by atoms with Crippen LogP contribution in [0.1, 0.15) is 16.7 Å². The van der Waals surface area contributed by atoms with Gasteiger partial charge < -0.3 is 20.1 Å². The van der Waals surface area contributed by atoms with Gasteiger partial charge >= 0.3 is 0 Å². The van der Waals surface area contributed by atoms with E-state index in [2.05, 4.69) is 20.3 Å². The number of thiophene rings is 1. The summed E-state index contributed by atoms with van der Waals surface area (Å²) in [4.78, 5) is 6.24. The first kappa shape index (κ1) is 26.5. The van der Waals surface area contributed by atoms with E-state index < -0.39 is 10.0 Å². The van der Waals surface area contributed by atoms with E-state index in [-0.39, 0.29) is 30.5 Å². The van der Waals surface area contributed by atoms with Gasteiger partial charge in [-0.25, -0.2) is 13.1 Å². The Morgan fingerprint density at radius 1 is 1.17 bits per heavy atom. The number of methoxy groups -OCH3 is 1. The van der Waals surface area contributed by atoms with Crippen LogP contribution < -0.4 is 24.8 Å². The molecule has 30 heavy (non-hydrogen) atoms. The molecule has 1 heterocycles. The highest BCUT2D eigenvalue weighted by Gasteiger charge is 2.18. The van der Waals surface area contributed by atoms with Gasteiger partial charge in [0.05, 0.1) is 18.6 Å². The second kappa shape index (κ2) is 12.3. The van der Waals surface area contributed by atoms with Crippen LogP contribution in [0.25, 0.3) is 0 Å². The summed E-state index contributed by atoms with van der Waals surface area (Å²) in [5.41, 5.74) is 0.767. The lowest BCUT2D eigenvalue weighted by molar-refractivity contribution is 0.311. The smallest absolute Gasteiger partial charge is 0.241 e. The van der Waals surface area contributed by atoms with E-state index in [1.165, 1.54) is 11.3 Å². The summed E-state index contributed by atoms with van der Waals surface area (Å²) in [5, 5.41) is 6.22. The number of sulfonamides is 1. The first-order valence-corrected chi connectivity index (χ1v) is 11.5. The van der Waals surface area contributed by atoms with E-state index in [4.69, 9.17) is 9.47 Å². The second-order valence-corrected chi connectivity index (χ2v) is 9.29. The highest BCUT2D eigenvalue weighted by Crippen LogP contribution is 2.30. The number of aliphatic imine (C=N–C) groups is 1. The third kappa shape index (κ3) is 7.29. The fourth-order valence-corrected chi connectivity index (χ4v) is 5.24. The molecule has 11 heteroatoms. The molecule has 0 spiro atoms. The fraction of sp³-hybridized carbons (Fsp3) is 0.421. The molecular formula is C19H29IN4O4S2. The molecule has 3 N–H and O–H groups in total. The SMILES string of the molecule is CCOc1ccc(NC(=NC)NCCNS(=O)(=O)c2cc(C)sc2C)cc1OC.I. The third-order valence-corrected chi connectivity index (χ3v) is 6.63. The highest BCUT2D eigenvalue weighted by atomic mass is 127. The zero-order valence-electron chi connectivity index (χ0n) is 17.7. The van der Waals surface area contributed by atoms with Gasteiger partial charge in [0.15, 0.2) is 17.5 Å². The predicted octanol–water partition coefficient (Wildman–Crippen LogP) is 3.36. The Bertz CT molecular complexity index is 961. The maximum Gasteiger partial charge on any atom is 0.241 e. The van der Waals surface area contributed by atoms with Crippen molar-refractivity contribution in [2.75, 3.05) is 39.2 Å². The molecule has 8 nitrogen and oxygen atoms in total. The Labute approximate surface area is 199 Å². The van der Waals surface area contributed by atoms with E-state index >= 15 is 0 Å². The number of rotatable bonds is 9. The summed E-state index contributed by atoms with van der Waals surface area (Å²) in [7, 11) is -0.301. The maximum atomic E-state index is 12.4. The molecule has 0 atom stereocenters. The molecule has 0 amide bonds. The van der Waals surface area contributed by atoms with Gasteiger partial charge in [-0.05, 0) is 39.0 Å². The molecule has 0 fully saturated rings. The van der Waals surface area contributed by atoms with E-state index in [1.54, 1.807) is 27.1 Å². The predicted molar refractivity (Wildman–Crippen MR) is 134 cm³/mol. The molecule has 2 rings (SSSR count). The average molecular weight is 569 g/mol. The van der Waals surface area contributed by atoms with Crippen LogP contribution in [-0.2, 0) is 10.0 Å². The number of hydrogen-bond donors (Lipinski definition) is 3. The van der Waals surface area contributed by atoms with Crippen molar-refractivity contribution >= 4 is 57.0 Å². The van der Waals surface area contributed by atoms with Gasteiger partial charge in [-0.1, -0.05) is 0 Å². The lowest BCUT2D eigenvalue weighted by Crippen LogP contribution is -2.37. The number of benzene rings is 1. The molecule has 0 saturated heterocycles. The highest BCUT2D eigenvalue weighted by molar-refractivity contribution is 14.0. The van der Waals surface area contributed by atoms with Crippen molar-refractivity contribution in [3.05, 3.63) is 34.0 Å². The van der Waals surface area contributed by atoms with Crippen molar-refractivity contribution in [1.29, 1.82) is 0 Å². The third-order valence-electron chi connectivity index (χ3n) is 3.94. The number of nitrogens with zero attached hydrogens (tertiary/aromatic N) is 1. The molecule has 0 saturated carbocycles. The molecule has 0 aliphatic heterocycles. The van der Waals surface area contributed by atoms with Crippen LogP contribution in [-0.4, -0.2) is 48.2 Å². The Balaban J connectivity index is 0.00000450. The molecule has 0 unspecified atom stereocenters. The molecule has 0 radical (unpaired) electrons. The van der Waals surface area contributed by atoms with Gasteiger partial charge in [0, 0.05) is 41.6 Å². The van der Waals surface area contributed by atoms with Gasteiger partial charge in [0.25, 0.3) is 0 Å². The zero-order valence-corrected chi connectivity index (χ0v) is 21.7. The van der Waals surface area contributed by atoms with Gasteiger partial charge in [0.2, 0.25) is 10.0 Å².